The Balaban J connectivity index is 2.28. The second kappa shape index (κ2) is 6.18. The molecule has 0 aromatic rings. The van der Waals surface area contributed by atoms with Crippen LogP contribution in [0.25, 0.3) is 0 Å². The number of nitriles is 1. The van der Waals surface area contributed by atoms with Crippen molar-refractivity contribution < 1.29 is 9.59 Å². The van der Waals surface area contributed by atoms with Gasteiger partial charge in [-0.3, -0.25) is 14.5 Å². The largest absolute Gasteiger partial charge is 0.274 e. The summed E-state index contributed by atoms with van der Waals surface area (Å²) in [5.41, 5.74) is -0.862. The fourth-order valence-electron chi connectivity index (χ4n) is 3.27. The van der Waals surface area contributed by atoms with Gasteiger partial charge in [-0.15, -0.1) is 0 Å². The molecule has 2 amide bonds. The molecular weight excluding hydrogens is 240 g/mol. The van der Waals surface area contributed by atoms with Gasteiger partial charge in [0.05, 0.1) is 6.07 Å². The van der Waals surface area contributed by atoms with E-state index in [1.165, 1.54) is 11.3 Å². The van der Waals surface area contributed by atoms with Gasteiger partial charge in [-0.05, 0) is 25.7 Å². The van der Waals surface area contributed by atoms with E-state index < -0.39 is 5.54 Å². The molecule has 1 aliphatic heterocycles. The van der Waals surface area contributed by atoms with E-state index in [2.05, 4.69) is 6.07 Å². The molecule has 0 bridgehead atoms. The van der Waals surface area contributed by atoms with Crippen LogP contribution in [0, 0.1) is 11.3 Å². The van der Waals surface area contributed by atoms with Crippen molar-refractivity contribution in [2.24, 2.45) is 0 Å². The SMILES string of the molecule is N#CC1(N2C(=O)CCCCC2=O)CCCCCCC1. The summed E-state index contributed by atoms with van der Waals surface area (Å²) in [5.74, 6) is -0.269. The maximum Gasteiger partial charge on any atom is 0.230 e. The van der Waals surface area contributed by atoms with E-state index >= 15 is 0 Å². The highest BCUT2D eigenvalue weighted by Gasteiger charge is 2.43. The molecule has 0 atom stereocenters. The second-order valence-corrected chi connectivity index (χ2v) is 5.74. The van der Waals surface area contributed by atoms with Crippen molar-refractivity contribution in [2.45, 2.75) is 76.2 Å². The van der Waals surface area contributed by atoms with Gasteiger partial charge in [0, 0.05) is 12.8 Å². The summed E-state index contributed by atoms with van der Waals surface area (Å²) in [5, 5.41) is 9.64. The number of likely N-dealkylation sites (tertiary alicyclic amines) is 1. The fourth-order valence-corrected chi connectivity index (χ4v) is 3.27. The molecule has 0 N–H and O–H groups in total. The van der Waals surface area contributed by atoms with Crippen LogP contribution in [0.15, 0.2) is 0 Å². The van der Waals surface area contributed by atoms with Gasteiger partial charge in [0.25, 0.3) is 0 Å². The van der Waals surface area contributed by atoms with Crippen LogP contribution in [0.3, 0.4) is 0 Å². The van der Waals surface area contributed by atoms with E-state index in [1.807, 2.05) is 0 Å². The predicted molar refractivity (Wildman–Crippen MR) is 71.0 cm³/mol. The lowest BCUT2D eigenvalue weighted by Crippen LogP contribution is -2.53. The summed E-state index contributed by atoms with van der Waals surface area (Å²) in [6.07, 6.45) is 8.93. The minimum atomic E-state index is -0.862. The molecule has 2 rings (SSSR count). The molecule has 0 unspecified atom stereocenters. The maximum atomic E-state index is 12.2. The van der Waals surface area contributed by atoms with Gasteiger partial charge in [-0.25, -0.2) is 0 Å². The normalized spacial score (nSPS) is 25.1. The van der Waals surface area contributed by atoms with Gasteiger partial charge >= 0.3 is 0 Å². The molecule has 1 saturated heterocycles. The van der Waals surface area contributed by atoms with Crippen LogP contribution in [0.2, 0.25) is 0 Å². The molecule has 0 aromatic heterocycles. The maximum absolute atomic E-state index is 12.2. The van der Waals surface area contributed by atoms with Crippen LogP contribution < -0.4 is 0 Å². The highest BCUT2D eigenvalue weighted by atomic mass is 16.2. The highest BCUT2D eigenvalue weighted by molar-refractivity contribution is 5.97. The third kappa shape index (κ3) is 2.97. The molecule has 4 heteroatoms. The van der Waals surface area contributed by atoms with Crippen molar-refractivity contribution in [3.63, 3.8) is 0 Å². The van der Waals surface area contributed by atoms with Gasteiger partial charge in [0.1, 0.15) is 5.54 Å². The van der Waals surface area contributed by atoms with Crippen LogP contribution in [-0.2, 0) is 9.59 Å². The average molecular weight is 262 g/mol. The fraction of sp³-hybridized carbons (Fsp3) is 0.800. The van der Waals surface area contributed by atoms with Crippen molar-refractivity contribution >= 4 is 11.8 Å². The standard InChI is InChI=1S/C15H22N2O2/c16-12-15(10-6-2-1-3-7-11-15)17-13(18)8-4-5-9-14(17)19/h1-11H2. The van der Waals surface area contributed by atoms with E-state index in [0.29, 0.717) is 25.7 Å². The molecule has 1 aliphatic carbocycles. The number of hydrogen-bond acceptors (Lipinski definition) is 3. The van der Waals surface area contributed by atoms with Crippen LogP contribution in [0.1, 0.15) is 70.6 Å². The molecule has 0 aromatic carbocycles. The Kier molecular flexibility index (Phi) is 4.57. The van der Waals surface area contributed by atoms with Crippen molar-refractivity contribution in [3.05, 3.63) is 0 Å². The molecular formula is C15H22N2O2. The zero-order chi connectivity index (χ0) is 13.7. The number of rotatable bonds is 1. The van der Waals surface area contributed by atoms with Gasteiger partial charge in [0.15, 0.2) is 0 Å². The highest BCUT2D eigenvalue weighted by Crippen LogP contribution is 2.34. The smallest absolute Gasteiger partial charge is 0.230 e. The molecule has 19 heavy (non-hydrogen) atoms. The Morgan fingerprint density at radius 3 is 1.79 bits per heavy atom. The molecule has 1 heterocycles. The zero-order valence-corrected chi connectivity index (χ0v) is 11.5. The first-order chi connectivity index (χ1) is 9.19. The van der Waals surface area contributed by atoms with Crippen LogP contribution in [-0.4, -0.2) is 22.3 Å². The molecule has 4 nitrogen and oxygen atoms in total. The summed E-state index contributed by atoms with van der Waals surface area (Å²) < 4.78 is 0. The Labute approximate surface area is 114 Å². The molecule has 2 aliphatic rings. The third-order valence-corrected chi connectivity index (χ3v) is 4.35. The van der Waals surface area contributed by atoms with Crippen molar-refractivity contribution in [3.8, 4) is 6.07 Å². The molecule has 104 valence electrons. The van der Waals surface area contributed by atoms with Crippen LogP contribution in [0.5, 0.6) is 0 Å². The quantitative estimate of drug-likeness (QED) is 0.683. The summed E-state index contributed by atoms with van der Waals surface area (Å²) in [6.45, 7) is 0. The predicted octanol–water partition coefficient (Wildman–Crippen LogP) is 2.92. The summed E-state index contributed by atoms with van der Waals surface area (Å²) in [4.78, 5) is 25.8. The van der Waals surface area contributed by atoms with Gasteiger partial charge < -0.3 is 0 Å². The Morgan fingerprint density at radius 2 is 1.32 bits per heavy atom. The lowest BCUT2D eigenvalue weighted by molar-refractivity contribution is -0.150. The van der Waals surface area contributed by atoms with Gasteiger partial charge in [-0.2, -0.15) is 5.26 Å². The number of imide groups is 1. The van der Waals surface area contributed by atoms with Crippen LogP contribution in [0.4, 0.5) is 0 Å². The average Bonchev–Trinajstić information content (AvgIpc) is 2.53. The van der Waals surface area contributed by atoms with Crippen molar-refractivity contribution in [2.75, 3.05) is 0 Å². The summed E-state index contributed by atoms with van der Waals surface area (Å²) in [7, 11) is 0. The lowest BCUT2D eigenvalue weighted by atomic mass is 9.83. The van der Waals surface area contributed by atoms with Crippen molar-refractivity contribution in [1.82, 2.24) is 4.90 Å². The Hall–Kier alpha value is -1.37. The zero-order valence-electron chi connectivity index (χ0n) is 11.5. The second-order valence-electron chi connectivity index (χ2n) is 5.74. The molecule has 2 fully saturated rings. The third-order valence-electron chi connectivity index (χ3n) is 4.35. The summed E-state index contributed by atoms with van der Waals surface area (Å²) >= 11 is 0. The molecule has 0 spiro atoms. The number of hydrogen-bond donors (Lipinski definition) is 0. The van der Waals surface area contributed by atoms with Crippen LogP contribution >= 0.6 is 0 Å². The van der Waals surface area contributed by atoms with Gasteiger partial charge in [0.2, 0.25) is 11.8 Å². The first kappa shape index (κ1) is 14.0. The number of carbonyl (C=O) groups is 2. The minimum Gasteiger partial charge on any atom is -0.274 e. The Bertz CT molecular complexity index is 371. The monoisotopic (exact) mass is 262 g/mol. The van der Waals surface area contributed by atoms with E-state index in [9.17, 15) is 14.9 Å². The Morgan fingerprint density at radius 1 is 0.842 bits per heavy atom. The van der Waals surface area contributed by atoms with Crippen molar-refractivity contribution in [1.29, 1.82) is 5.26 Å². The minimum absolute atomic E-state index is 0.135. The van der Waals surface area contributed by atoms with E-state index in [0.717, 1.165) is 38.5 Å². The first-order valence-corrected chi connectivity index (χ1v) is 7.47. The van der Waals surface area contributed by atoms with Gasteiger partial charge in [-0.1, -0.05) is 32.1 Å². The van der Waals surface area contributed by atoms with E-state index in [4.69, 9.17) is 0 Å². The number of nitrogens with zero attached hydrogens (tertiary/aromatic N) is 2. The lowest BCUT2D eigenvalue weighted by Gasteiger charge is -2.38. The van der Waals surface area contributed by atoms with E-state index in [-0.39, 0.29) is 11.8 Å². The summed E-state index contributed by atoms with van der Waals surface area (Å²) in [6, 6.07) is 2.33. The number of carbonyl (C=O) groups excluding carboxylic acids is 2. The van der Waals surface area contributed by atoms with E-state index in [1.54, 1.807) is 0 Å². The molecule has 0 radical (unpaired) electrons. The first-order valence-electron chi connectivity index (χ1n) is 7.47. The molecule has 1 saturated carbocycles. The number of amides is 2. The topological polar surface area (TPSA) is 61.2 Å².